The lowest BCUT2D eigenvalue weighted by molar-refractivity contribution is -0.140. The van der Waals surface area contributed by atoms with Crippen molar-refractivity contribution in [3.63, 3.8) is 0 Å². The zero-order chi connectivity index (χ0) is 11.1. The third-order valence-corrected chi connectivity index (χ3v) is 4.02. The van der Waals surface area contributed by atoms with Gasteiger partial charge in [-0.05, 0) is 7.05 Å². The number of likely N-dealkylation sites (N-methyl/N-ethyl adjacent to an activating group) is 1. The Balaban J connectivity index is 3.54. The zero-order valence-corrected chi connectivity index (χ0v) is 10.4. The second-order valence-corrected chi connectivity index (χ2v) is 7.01. The molecule has 0 aliphatic rings. The number of hydrogen-bond acceptors (Lipinski definition) is 5. The SMILES string of the molecule is CN(CCNC(=O)CC(=O)O)[SH](S)S. The molecule has 14 heavy (non-hydrogen) atoms. The minimum absolute atomic E-state index is 0.405. The lowest BCUT2D eigenvalue weighted by Gasteiger charge is -2.21. The van der Waals surface area contributed by atoms with E-state index in [0.29, 0.717) is 13.1 Å². The van der Waals surface area contributed by atoms with Crippen molar-refractivity contribution in [2.75, 3.05) is 20.1 Å². The highest BCUT2D eigenvalue weighted by atomic mass is 33.5. The maximum absolute atomic E-state index is 10.9. The van der Waals surface area contributed by atoms with Crippen LogP contribution in [0.15, 0.2) is 0 Å². The van der Waals surface area contributed by atoms with Crippen LogP contribution >= 0.6 is 32.5 Å². The second-order valence-electron chi connectivity index (χ2n) is 2.57. The van der Waals surface area contributed by atoms with Crippen molar-refractivity contribution < 1.29 is 14.7 Å². The van der Waals surface area contributed by atoms with E-state index < -0.39 is 27.4 Å². The summed E-state index contributed by atoms with van der Waals surface area (Å²) in [6.45, 7) is 1.01. The van der Waals surface area contributed by atoms with Gasteiger partial charge < -0.3 is 10.4 Å². The number of nitrogens with zero attached hydrogens (tertiary/aromatic N) is 1. The van der Waals surface area contributed by atoms with Gasteiger partial charge in [-0.15, -0.1) is 32.5 Å². The molecular weight excluding hydrogens is 244 g/mol. The first-order chi connectivity index (χ1) is 6.43. The predicted octanol–water partition coefficient (Wildman–Crippen LogP) is 0.115. The lowest BCUT2D eigenvalue weighted by Crippen LogP contribution is -2.31. The molecule has 0 aliphatic heterocycles. The van der Waals surface area contributed by atoms with Gasteiger partial charge in [0.25, 0.3) is 0 Å². The van der Waals surface area contributed by atoms with Gasteiger partial charge in [-0.3, -0.25) is 13.9 Å². The Morgan fingerprint density at radius 2 is 2.07 bits per heavy atom. The molecule has 0 rings (SSSR count). The first-order valence-corrected chi connectivity index (χ1v) is 7.41. The molecule has 0 aromatic heterocycles. The zero-order valence-electron chi connectivity index (χ0n) is 7.67. The highest BCUT2D eigenvalue weighted by molar-refractivity contribution is 9.08. The molecule has 0 spiro atoms. The van der Waals surface area contributed by atoms with Crippen LogP contribution in [0, 0.1) is 0 Å². The number of carbonyl (C=O) groups excluding carboxylic acids is 1. The molecule has 8 heteroatoms. The number of carboxylic acids is 1. The third kappa shape index (κ3) is 7.36. The Bertz CT molecular complexity index is 212. The summed E-state index contributed by atoms with van der Waals surface area (Å²) in [7, 11) is 1.07. The molecule has 84 valence electrons. The number of nitrogens with one attached hydrogen (secondary N) is 1. The first-order valence-electron chi connectivity index (χ1n) is 3.81. The van der Waals surface area contributed by atoms with E-state index in [1.165, 1.54) is 0 Å². The molecule has 0 radical (unpaired) electrons. The molecule has 0 bridgehead atoms. The molecule has 0 saturated carbocycles. The third-order valence-electron chi connectivity index (χ3n) is 1.37. The Morgan fingerprint density at radius 3 is 2.50 bits per heavy atom. The molecular formula is C6H14N2O3S3. The van der Waals surface area contributed by atoms with Gasteiger partial charge >= 0.3 is 5.97 Å². The van der Waals surface area contributed by atoms with Crippen LogP contribution in [0.4, 0.5) is 0 Å². The number of amides is 1. The number of rotatable bonds is 6. The molecule has 0 atom stereocenters. The van der Waals surface area contributed by atoms with Crippen LogP contribution in [0.25, 0.3) is 0 Å². The smallest absolute Gasteiger partial charge is 0.312 e. The summed E-state index contributed by atoms with van der Waals surface area (Å²) < 4.78 is 1.86. The van der Waals surface area contributed by atoms with Crippen molar-refractivity contribution in [3.05, 3.63) is 0 Å². The number of hydrogen-bond donors (Lipinski definition) is 5. The number of aliphatic carboxylic acids is 1. The van der Waals surface area contributed by atoms with Crippen molar-refractivity contribution in [2.24, 2.45) is 0 Å². The van der Waals surface area contributed by atoms with Gasteiger partial charge in [0.05, 0.1) is 0 Å². The fourth-order valence-electron chi connectivity index (χ4n) is 0.646. The van der Waals surface area contributed by atoms with Gasteiger partial charge in [-0.1, -0.05) is 0 Å². The maximum atomic E-state index is 10.9. The normalized spacial score (nSPS) is 11.3. The van der Waals surface area contributed by atoms with Crippen LogP contribution in [-0.2, 0) is 9.59 Å². The Labute approximate surface area is 95.3 Å². The molecule has 5 nitrogen and oxygen atoms in total. The predicted molar refractivity (Wildman–Crippen MR) is 64.9 cm³/mol. The highest BCUT2D eigenvalue weighted by Crippen LogP contribution is 2.37. The first kappa shape index (κ1) is 13.9. The maximum Gasteiger partial charge on any atom is 0.312 e. The fourth-order valence-corrected chi connectivity index (χ4v) is 1.46. The van der Waals surface area contributed by atoms with Crippen LogP contribution in [0.5, 0.6) is 0 Å². The fraction of sp³-hybridized carbons (Fsp3) is 0.667. The van der Waals surface area contributed by atoms with Crippen molar-refractivity contribution in [1.29, 1.82) is 0 Å². The Morgan fingerprint density at radius 1 is 1.50 bits per heavy atom. The number of carboxylic acid groups (broad SMARTS) is 1. The summed E-state index contributed by atoms with van der Waals surface area (Å²) in [5.74, 6) is -1.60. The summed E-state index contributed by atoms with van der Waals surface area (Å²) in [4.78, 5) is 21.0. The van der Waals surface area contributed by atoms with Crippen molar-refractivity contribution in [3.8, 4) is 0 Å². The minimum atomic E-state index is -1.12. The van der Waals surface area contributed by atoms with E-state index in [-0.39, 0.29) is 0 Å². The average molecular weight is 258 g/mol. The van der Waals surface area contributed by atoms with Gasteiger partial charge in [0.1, 0.15) is 6.42 Å². The Kier molecular flexibility index (Phi) is 7.24. The molecule has 0 unspecified atom stereocenters. The van der Waals surface area contributed by atoms with Crippen molar-refractivity contribution >= 4 is 44.3 Å². The van der Waals surface area contributed by atoms with E-state index in [2.05, 4.69) is 28.6 Å². The molecule has 0 saturated heterocycles. The number of thiol groups is 3. The molecule has 0 aromatic rings. The van der Waals surface area contributed by atoms with Gasteiger partial charge in [0.15, 0.2) is 0 Å². The summed E-state index contributed by atoms with van der Waals surface area (Å²) in [5.41, 5.74) is 0. The number of carbonyl (C=O) groups is 2. The van der Waals surface area contributed by atoms with Crippen molar-refractivity contribution in [1.82, 2.24) is 9.62 Å². The van der Waals surface area contributed by atoms with E-state index in [1.54, 1.807) is 0 Å². The van der Waals surface area contributed by atoms with E-state index in [0.717, 1.165) is 0 Å². The van der Waals surface area contributed by atoms with Gasteiger partial charge in [-0.25, -0.2) is 0 Å². The summed E-state index contributed by atoms with van der Waals surface area (Å²) in [5, 5.41) is 10.8. The molecule has 0 fully saturated rings. The molecule has 0 heterocycles. The summed E-state index contributed by atoms with van der Waals surface area (Å²) in [6, 6.07) is 0. The molecule has 1 amide bonds. The van der Waals surface area contributed by atoms with Crippen molar-refractivity contribution in [2.45, 2.75) is 6.42 Å². The van der Waals surface area contributed by atoms with Crippen LogP contribution in [-0.4, -0.2) is 41.4 Å². The monoisotopic (exact) mass is 258 g/mol. The molecule has 2 N–H and O–H groups in total. The van der Waals surface area contributed by atoms with E-state index >= 15 is 0 Å². The second kappa shape index (κ2) is 7.27. The van der Waals surface area contributed by atoms with Crippen LogP contribution in [0.2, 0.25) is 0 Å². The van der Waals surface area contributed by atoms with Crippen LogP contribution in [0.1, 0.15) is 6.42 Å². The van der Waals surface area contributed by atoms with Gasteiger partial charge in [-0.2, -0.15) is 0 Å². The quantitative estimate of drug-likeness (QED) is 0.267. The lowest BCUT2D eigenvalue weighted by atomic mass is 10.4. The highest BCUT2D eigenvalue weighted by Gasteiger charge is 2.07. The minimum Gasteiger partial charge on any atom is -0.481 e. The van der Waals surface area contributed by atoms with Crippen LogP contribution in [0.3, 0.4) is 0 Å². The molecule has 0 aliphatic carbocycles. The Hall–Kier alpha value is -0.0500. The molecule has 0 aromatic carbocycles. The van der Waals surface area contributed by atoms with E-state index in [1.807, 2.05) is 11.4 Å². The van der Waals surface area contributed by atoms with Gasteiger partial charge in [0.2, 0.25) is 5.91 Å². The van der Waals surface area contributed by atoms with E-state index in [9.17, 15) is 9.59 Å². The topological polar surface area (TPSA) is 69.6 Å². The van der Waals surface area contributed by atoms with Crippen LogP contribution < -0.4 is 5.32 Å². The van der Waals surface area contributed by atoms with Gasteiger partial charge in [0, 0.05) is 13.1 Å². The standard InChI is InChI=1S/C6H14N2O3S3/c1-8(14(12)13)3-2-7-5(9)4-6(10)11/h12-14H,2-4H2,1H3,(H,7,9)(H,10,11). The summed E-state index contributed by atoms with van der Waals surface area (Å²) in [6.07, 6.45) is -0.486. The van der Waals surface area contributed by atoms with E-state index in [4.69, 9.17) is 5.11 Å². The summed E-state index contributed by atoms with van der Waals surface area (Å²) >= 11 is 8.24. The average Bonchev–Trinajstić information content (AvgIpc) is 2.02. The largest absolute Gasteiger partial charge is 0.481 e.